The number of ether oxygens (including phenoxy) is 1. The summed E-state index contributed by atoms with van der Waals surface area (Å²) in [6.45, 7) is 5.43. The normalized spacial score (nSPS) is 18.1. The van der Waals surface area contributed by atoms with E-state index in [0.29, 0.717) is 29.1 Å². The lowest BCUT2D eigenvalue weighted by atomic mass is 9.92. The third-order valence-electron chi connectivity index (χ3n) is 8.30. The number of aromatic nitrogens is 1. The minimum Gasteiger partial charge on any atom is -0.497 e. The largest absolute Gasteiger partial charge is 0.497 e. The summed E-state index contributed by atoms with van der Waals surface area (Å²) in [6.07, 6.45) is 2.54. The number of nitrogens with zero attached hydrogens (tertiary/aromatic N) is 4. The summed E-state index contributed by atoms with van der Waals surface area (Å²) in [4.78, 5) is 33.7. The van der Waals surface area contributed by atoms with Crippen LogP contribution in [0.1, 0.15) is 31.8 Å². The van der Waals surface area contributed by atoms with Gasteiger partial charge in [0.05, 0.1) is 29.4 Å². The molecule has 206 valence electrons. The first-order valence-corrected chi connectivity index (χ1v) is 14.1. The highest BCUT2D eigenvalue weighted by Crippen LogP contribution is 2.32. The van der Waals surface area contributed by atoms with Crippen LogP contribution in [0.2, 0.25) is 0 Å². The van der Waals surface area contributed by atoms with Crippen LogP contribution in [0, 0.1) is 0 Å². The number of likely N-dealkylation sites (N-methyl/N-ethyl adjacent to an activating group) is 1. The third-order valence-corrected chi connectivity index (χ3v) is 8.50. The summed E-state index contributed by atoms with van der Waals surface area (Å²) < 4.78 is 7.44. The molecule has 0 saturated carbocycles. The molecule has 0 radical (unpaired) electrons. The molecule has 6 rings (SSSR count). The number of fused-ring (bicyclic) bond motifs is 2. The lowest BCUT2D eigenvalue weighted by Gasteiger charge is -2.41. The van der Waals surface area contributed by atoms with Gasteiger partial charge in [-0.3, -0.25) is 14.5 Å². The summed E-state index contributed by atoms with van der Waals surface area (Å²) in [5.74, 6) is 0.587. The van der Waals surface area contributed by atoms with Crippen molar-refractivity contribution >= 4 is 33.7 Å². The van der Waals surface area contributed by atoms with E-state index in [2.05, 4.69) is 35.0 Å². The number of benzene rings is 3. The van der Waals surface area contributed by atoms with Crippen LogP contribution in [0.25, 0.3) is 16.6 Å². The van der Waals surface area contributed by atoms with E-state index in [9.17, 15) is 9.59 Å². The average molecular weight is 557 g/mol. The molecule has 1 fully saturated rings. The number of para-hydroxylation sites is 1. The zero-order valence-corrected chi connectivity index (χ0v) is 23.6. The summed E-state index contributed by atoms with van der Waals surface area (Å²) >= 11 is 5.97. The van der Waals surface area contributed by atoms with Crippen molar-refractivity contribution in [1.29, 1.82) is 0 Å². The van der Waals surface area contributed by atoms with Gasteiger partial charge in [-0.05, 0) is 54.4 Å². The van der Waals surface area contributed by atoms with E-state index in [4.69, 9.17) is 16.3 Å². The first-order valence-electron chi connectivity index (χ1n) is 13.7. The Kier molecular flexibility index (Phi) is 7.36. The number of methoxy groups -OCH3 is 1. The molecule has 2 aliphatic rings. The molecule has 1 amide bonds. The van der Waals surface area contributed by atoms with Gasteiger partial charge in [0.1, 0.15) is 5.75 Å². The molecular weight excluding hydrogens is 524 g/mol. The Morgan fingerprint density at radius 2 is 1.65 bits per heavy atom. The monoisotopic (exact) mass is 556 g/mol. The standard InChI is InChI=1S/C32H33ClN4O3/c1-34-13-15-35(16-14-34)20-24-17-22-7-3-4-8-23(22)19-36(24)32(39)27-12-11-25(40-2)18-30(27)37-21-28(31(33)38)26-9-5-6-10-29(26)37/h3-12,18,21,24H,13-17,19-20H2,1-2H3/t24-/m0/s1. The highest BCUT2D eigenvalue weighted by Gasteiger charge is 2.33. The number of rotatable bonds is 6. The Bertz CT molecular complexity index is 1570. The van der Waals surface area contributed by atoms with Crippen LogP contribution >= 0.6 is 11.6 Å². The van der Waals surface area contributed by atoms with Crippen molar-refractivity contribution in [3.63, 3.8) is 0 Å². The zero-order valence-electron chi connectivity index (χ0n) is 22.8. The number of carbonyl (C=O) groups excluding carboxylic acids is 2. The minimum atomic E-state index is -0.536. The molecule has 0 unspecified atom stereocenters. The second kappa shape index (κ2) is 11.1. The van der Waals surface area contributed by atoms with Gasteiger partial charge in [0.15, 0.2) is 0 Å². The Balaban J connectivity index is 1.43. The first kappa shape index (κ1) is 26.6. The Labute approximate surface area is 239 Å². The van der Waals surface area contributed by atoms with E-state index in [0.717, 1.165) is 50.0 Å². The lowest BCUT2D eigenvalue weighted by molar-refractivity contribution is 0.0536. The van der Waals surface area contributed by atoms with E-state index in [1.807, 2.05) is 58.0 Å². The van der Waals surface area contributed by atoms with Crippen LogP contribution in [-0.2, 0) is 13.0 Å². The molecular formula is C32H33ClN4O3. The third kappa shape index (κ3) is 5.01. The molecule has 4 aromatic rings. The number of carbonyl (C=O) groups is 2. The van der Waals surface area contributed by atoms with E-state index in [1.165, 1.54) is 11.1 Å². The minimum absolute atomic E-state index is 0.0391. The quantitative estimate of drug-likeness (QED) is 0.318. The summed E-state index contributed by atoms with van der Waals surface area (Å²) in [7, 11) is 3.76. The number of hydrogen-bond acceptors (Lipinski definition) is 5. The Morgan fingerprint density at radius 3 is 2.40 bits per heavy atom. The second-order valence-corrected chi connectivity index (χ2v) is 11.1. The molecule has 40 heavy (non-hydrogen) atoms. The highest BCUT2D eigenvalue weighted by atomic mass is 35.5. The van der Waals surface area contributed by atoms with Crippen LogP contribution in [0.4, 0.5) is 0 Å². The van der Waals surface area contributed by atoms with Crippen LogP contribution in [-0.4, -0.2) is 83.3 Å². The van der Waals surface area contributed by atoms with Crippen LogP contribution in [0.5, 0.6) is 5.75 Å². The van der Waals surface area contributed by atoms with Crippen molar-refractivity contribution in [2.45, 2.75) is 19.0 Å². The van der Waals surface area contributed by atoms with Crippen molar-refractivity contribution in [1.82, 2.24) is 19.3 Å². The van der Waals surface area contributed by atoms with Crippen molar-refractivity contribution in [3.05, 3.63) is 95.2 Å². The van der Waals surface area contributed by atoms with E-state index in [1.54, 1.807) is 13.3 Å². The lowest BCUT2D eigenvalue weighted by Crippen LogP contribution is -2.53. The van der Waals surface area contributed by atoms with Gasteiger partial charge < -0.3 is 19.1 Å². The smallest absolute Gasteiger partial charge is 0.256 e. The van der Waals surface area contributed by atoms with Crippen LogP contribution < -0.4 is 4.74 Å². The first-order chi connectivity index (χ1) is 19.4. The molecule has 1 saturated heterocycles. The van der Waals surface area contributed by atoms with E-state index < -0.39 is 5.24 Å². The maximum Gasteiger partial charge on any atom is 0.256 e. The van der Waals surface area contributed by atoms with Crippen molar-refractivity contribution in [2.24, 2.45) is 0 Å². The molecule has 0 bridgehead atoms. The van der Waals surface area contributed by atoms with Crippen molar-refractivity contribution in [2.75, 3.05) is 46.9 Å². The Hall–Kier alpha value is -3.65. The fraction of sp³-hybridized carbons (Fsp3) is 0.312. The maximum absolute atomic E-state index is 14.5. The van der Waals surface area contributed by atoms with Crippen LogP contribution in [0.3, 0.4) is 0 Å². The molecule has 0 spiro atoms. The topological polar surface area (TPSA) is 58.0 Å². The molecule has 3 heterocycles. The molecule has 3 aromatic carbocycles. The predicted octanol–water partition coefficient (Wildman–Crippen LogP) is 4.83. The fourth-order valence-corrected chi connectivity index (χ4v) is 6.18. The molecule has 1 aromatic heterocycles. The van der Waals surface area contributed by atoms with E-state index in [-0.39, 0.29) is 11.9 Å². The Morgan fingerprint density at radius 1 is 0.925 bits per heavy atom. The molecule has 0 aliphatic carbocycles. The van der Waals surface area contributed by atoms with Gasteiger partial charge in [-0.25, -0.2) is 0 Å². The number of halogens is 1. The number of amides is 1. The van der Waals surface area contributed by atoms with Crippen molar-refractivity contribution in [3.8, 4) is 11.4 Å². The van der Waals surface area contributed by atoms with Crippen LogP contribution in [0.15, 0.2) is 72.9 Å². The summed E-state index contributed by atoms with van der Waals surface area (Å²) in [6, 6.07) is 21.6. The molecule has 2 aliphatic heterocycles. The highest BCUT2D eigenvalue weighted by molar-refractivity contribution is 6.68. The van der Waals surface area contributed by atoms with Gasteiger partial charge in [-0.2, -0.15) is 0 Å². The number of piperazine rings is 1. The van der Waals surface area contributed by atoms with Gasteiger partial charge in [-0.1, -0.05) is 42.5 Å². The van der Waals surface area contributed by atoms with Gasteiger partial charge in [-0.15, -0.1) is 0 Å². The summed E-state index contributed by atoms with van der Waals surface area (Å²) in [5, 5.41) is 0.203. The maximum atomic E-state index is 14.5. The van der Waals surface area contributed by atoms with Gasteiger partial charge in [0.25, 0.3) is 11.1 Å². The van der Waals surface area contributed by atoms with Gasteiger partial charge in [0, 0.05) is 63.0 Å². The van der Waals surface area contributed by atoms with Gasteiger partial charge in [0.2, 0.25) is 0 Å². The summed E-state index contributed by atoms with van der Waals surface area (Å²) in [5.41, 5.74) is 4.90. The van der Waals surface area contributed by atoms with E-state index >= 15 is 0 Å². The molecule has 0 N–H and O–H groups in total. The molecule has 7 nitrogen and oxygen atoms in total. The second-order valence-electron chi connectivity index (χ2n) is 10.8. The molecule has 1 atom stereocenters. The number of hydrogen-bond donors (Lipinski definition) is 0. The van der Waals surface area contributed by atoms with Gasteiger partial charge >= 0.3 is 0 Å². The SMILES string of the molecule is COc1ccc(C(=O)N2Cc3ccccc3C[C@H]2CN2CCN(C)CC2)c(-n2cc(C(=O)Cl)c3ccccc32)c1. The average Bonchev–Trinajstić information content (AvgIpc) is 3.37. The molecule has 8 heteroatoms. The fourth-order valence-electron chi connectivity index (χ4n) is 6.03. The van der Waals surface area contributed by atoms with Crippen molar-refractivity contribution < 1.29 is 14.3 Å². The zero-order chi connectivity index (χ0) is 27.8. The predicted molar refractivity (Wildman–Crippen MR) is 158 cm³/mol.